The smallest absolute Gasteiger partial charge is 0.326 e. The van der Waals surface area contributed by atoms with Crippen LogP contribution in [0.15, 0.2) is 47.6 Å². The molecular weight excluding hydrogens is 432 g/mol. The lowest BCUT2D eigenvalue weighted by Gasteiger charge is -2.09. The van der Waals surface area contributed by atoms with E-state index in [1.807, 2.05) is 18.2 Å². The van der Waals surface area contributed by atoms with E-state index in [1.165, 1.54) is 31.8 Å². The third-order valence-corrected chi connectivity index (χ3v) is 5.69. The monoisotopic (exact) mass is 452 g/mol. The molecule has 2 heterocycles. The SMILES string of the molecule is CCOC(=O)Cn1c(=NC(=O)c2cnc3ccccc3n2)sc2cc(OC)c(OC)cc21. The van der Waals surface area contributed by atoms with Crippen molar-refractivity contribution in [3.63, 3.8) is 0 Å². The number of hydrogen-bond acceptors (Lipinski definition) is 8. The molecule has 0 fully saturated rings. The summed E-state index contributed by atoms with van der Waals surface area (Å²) in [7, 11) is 3.07. The number of carbonyl (C=O) groups is 2. The molecule has 1 amide bonds. The van der Waals surface area contributed by atoms with Crippen molar-refractivity contribution in [1.29, 1.82) is 0 Å². The van der Waals surface area contributed by atoms with Crippen LogP contribution in [0.2, 0.25) is 0 Å². The van der Waals surface area contributed by atoms with Gasteiger partial charge in [-0.1, -0.05) is 23.5 Å². The van der Waals surface area contributed by atoms with Crippen LogP contribution < -0.4 is 14.3 Å². The van der Waals surface area contributed by atoms with E-state index in [0.29, 0.717) is 32.9 Å². The van der Waals surface area contributed by atoms with E-state index in [4.69, 9.17) is 14.2 Å². The van der Waals surface area contributed by atoms with E-state index < -0.39 is 11.9 Å². The van der Waals surface area contributed by atoms with Crippen LogP contribution in [-0.4, -0.2) is 47.2 Å². The molecular formula is C22H20N4O5S. The molecule has 0 aliphatic carbocycles. The van der Waals surface area contributed by atoms with Gasteiger partial charge in [-0.15, -0.1) is 0 Å². The molecule has 2 aromatic heterocycles. The zero-order valence-corrected chi connectivity index (χ0v) is 18.5. The van der Waals surface area contributed by atoms with Crippen molar-refractivity contribution >= 4 is 44.5 Å². The van der Waals surface area contributed by atoms with Gasteiger partial charge >= 0.3 is 5.97 Å². The molecule has 164 valence electrons. The number of amides is 1. The highest BCUT2D eigenvalue weighted by molar-refractivity contribution is 7.16. The fourth-order valence-corrected chi connectivity index (χ4v) is 4.21. The number of methoxy groups -OCH3 is 2. The molecule has 0 unspecified atom stereocenters. The Balaban J connectivity index is 1.85. The molecule has 0 bridgehead atoms. The van der Waals surface area contributed by atoms with Crippen LogP contribution in [0.3, 0.4) is 0 Å². The van der Waals surface area contributed by atoms with Crippen molar-refractivity contribution in [1.82, 2.24) is 14.5 Å². The number of thiazole rings is 1. The standard InChI is InChI=1S/C22H20N4O5S/c1-4-31-20(27)12-26-16-9-17(29-2)18(30-3)10-19(16)32-22(26)25-21(28)15-11-23-13-7-5-6-8-14(13)24-15/h5-11H,4,12H2,1-3H3. The number of benzene rings is 2. The van der Waals surface area contributed by atoms with Gasteiger partial charge < -0.3 is 18.8 Å². The molecule has 32 heavy (non-hydrogen) atoms. The van der Waals surface area contributed by atoms with Crippen LogP contribution in [0.25, 0.3) is 21.3 Å². The first-order valence-electron chi connectivity index (χ1n) is 9.76. The minimum absolute atomic E-state index is 0.110. The van der Waals surface area contributed by atoms with Crippen molar-refractivity contribution in [2.75, 3.05) is 20.8 Å². The predicted octanol–water partition coefficient (Wildman–Crippen LogP) is 2.97. The van der Waals surface area contributed by atoms with Crippen LogP contribution in [0.4, 0.5) is 0 Å². The molecule has 0 aliphatic rings. The van der Waals surface area contributed by atoms with Crippen LogP contribution in [-0.2, 0) is 16.1 Å². The molecule has 0 saturated heterocycles. The number of aromatic nitrogens is 3. The van der Waals surface area contributed by atoms with Crippen molar-refractivity contribution < 1.29 is 23.8 Å². The maximum absolute atomic E-state index is 12.9. The largest absolute Gasteiger partial charge is 0.493 e. The quantitative estimate of drug-likeness (QED) is 0.414. The van der Waals surface area contributed by atoms with Crippen LogP contribution >= 0.6 is 11.3 Å². The fraction of sp³-hybridized carbons (Fsp3) is 0.227. The summed E-state index contributed by atoms with van der Waals surface area (Å²) in [4.78, 5) is 38.3. The van der Waals surface area contributed by atoms with E-state index in [2.05, 4.69) is 15.0 Å². The average Bonchev–Trinajstić information content (AvgIpc) is 3.13. The average molecular weight is 452 g/mol. The third kappa shape index (κ3) is 4.17. The first-order chi connectivity index (χ1) is 15.5. The summed E-state index contributed by atoms with van der Waals surface area (Å²) in [5, 5.41) is 0. The lowest BCUT2D eigenvalue weighted by Crippen LogP contribution is -2.23. The highest BCUT2D eigenvalue weighted by Gasteiger charge is 2.17. The maximum atomic E-state index is 12.9. The number of para-hydroxylation sites is 2. The second kappa shape index (κ2) is 9.15. The van der Waals surface area contributed by atoms with Gasteiger partial charge in [-0.2, -0.15) is 4.99 Å². The van der Waals surface area contributed by atoms with Gasteiger partial charge in [-0.25, -0.2) is 4.98 Å². The summed E-state index contributed by atoms with van der Waals surface area (Å²) in [5.41, 5.74) is 2.05. The normalized spacial score (nSPS) is 11.7. The van der Waals surface area contributed by atoms with Gasteiger partial charge in [-0.3, -0.25) is 14.6 Å². The van der Waals surface area contributed by atoms with Crippen molar-refractivity contribution in [2.24, 2.45) is 4.99 Å². The van der Waals surface area contributed by atoms with Gasteiger partial charge in [0.1, 0.15) is 12.2 Å². The molecule has 4 rings (SSSR count). The molecule has 0 spiro atoms. The highest BCUT2D eigenvalue weighted by Crippen LogP contribution is 2.33. The first kappa shape index (κ1) is 21.4. The Hall–Kier alpha value is -3.79. The zero-order chi connectivity index (χ0) is 22.7. The second-order valence-electron chi connectivity index (χ2n) is 6.61. The molecule has 0 N–H and O–H groups in total. The molecule has 9 nitrogen and oxygen atoms in total. The molecule has 0 radical (unpaired) electrons. The van der Waals surface area contributed by atoms with Crippen LogP contribution in [0.1, 0.15) is 17.4 Å². The Morgan fingerprint density at radius 1 is 1.09 bits per heavy atom. The van der Waals surface area contributed by atoms with Gasteiger partial charge in [0.15, 0.2) is 16.3 Å². The fourth-order valence-electron chi connectivity index (χ4n) is 3.17. The number of nitrogens with zero attached hydrogens (tertiary/aromatic N) is 4. The van der Waals surface area contributed by atoms with Crippen molar-refractivity contribution in [3.8, 4) is 11.5 Å². The summed E-state index contributed by atoms with van der Waals surface area (Å²) in [6.07, 6.45) is 1.39. The molecule has 0 atom stereocenters. The summed E-state index contributed by atoms with van der Waals surface area (Å²) < 4.78 is 18.2. The van der Waals surface area contributed by atoms with E-state index in [-0.39, 0.29) is 18.8 Å². The van der Waals surface area contributed by atoms with Crippen LogP contribution in [0, 0.1) is 0 Å². The van der Waals surface area contributed by atoms with E-state index >= 15 is 0 Å². The summed E-state index contributed by atoms with van der Waals surface area (Å²) >= 11 is 1.24. The Bertz CT molecular complexity index is 1390. The minimum atomic E-state index is -0.564. The topological polar surface area (TPSA) is 105 Å². The predicted molar refractivity (Wildman–Crippen MR) is 119 cm³/mol. The lowest BCUT2D eigenvalue weighted by atomic mass is 10.3. The number of carbonyl (C=O) groups excluding carboxylic acids is 2. The number of fused-ring (bicyclic) bond motifs is 2. The first-order valence-corrected chi connectivity index (χ1v) is 10.6. The Labute approximate surface area is 186 Å². The Morgan fingerprint density at radius 3 is 2.53 bits per heavy atom. The summed E-state index contributed by atoms with van der Waals surface area (Å²) in [6.45, 7) is 1.87. The van der Waals surface area contributed by atoms with Crippen molar-refractivity contribution in [3.05, 3.63) is 53.1 Å². The Kier molecular flexibility index (Phi) is 6.13. The number of ether oxygens (including phenoxy) is 3. The van der Waals surface area contributed by atoms with E-state index in [9.17, 15) is 9.59 Å². The number of rotatable bonds is 6. The molecule has 10 heteroatoms. The van der Waals surface area contributed by atoms with Gasteiger partial charge in [0.05, 0.1) is 48.3 Å². The van der Waals surface area contributed by atoms with Crippen molar-refractivity contribution in [2.45, 2.75) is 13.5 Å². The summed E-state index contributed by atoms with van der Waals surface area (Å²) in [6, 6.07) is 10.8. The maximum Gasteiger partial charge on any atom is 0.326 e. The molecule has 0 saturated carbocycles. The van der Waals surface area contributed by atoms with Gasteiger partial charge in [-0.05, 0) is 19.1 Å². The highest BCUT2D eigenvalue weighted by atomic mass is 32.1. The zero-order valence-electron chi connectivity index (χ0n) is 17.7. The third-order valence-electron chi connectivity index (χ3n) is 4.65. The molecule has 2 aromatic carbocycles. The van der Waals surface area contributed by atoms with Crippen LogP contribution in [0.5, 0.6) is 11.5 Å². The second-order valence-corrected chi connectivity index (χ2v) is 7.62. The lowest BCUT2D eigenvalue weighted by molar-refractivity contribution is -0.143. The van der Waals surface area contributed by atoms with E-state index in [0.717, 1.165) is 4.70 Å². The number of hydrogen-bond donors (Lipinski definition) is 0. The Morgan fingerprint density at radius 2 is 1.81 bits per heavy atom. The molecule has 0 aliphatic heterocycles. The number of esters is 1. The van der Waals surface area contributed by atoms with E-state index in [1.54, 1.807) is 29.7 Å². The summed E-state index contributed by atoms with van der Waals surface area (Å²) in [5.74, 6) is 0.0178. The van der Waals surface area contributed by atoms with Gasteiger partial charge in [0, 0.05) is 12.1 Å². The minimum Gasteiger partial charge on any atom is -0.493 e. The van der Waals surface area contributed by atoms with Gasteiger partial charge in [0.2, 0.25) is 0 Å². The van der Waals surface area contributed by atoms with Gasteiger partial charge in [0.25, 0.3) is 5.91 Å². The molecule has 4 aromatic rings.